The van der Waals surface area contributed by atoms with Crippen molar-refractivity contribution in [1.29, 1.82) is 0 Å². The second-order valence-electron chi connectivity index (χ2n) is 5.57. The van der Waals surface area contributed by atoms with E-state index in [2.05, 4.69) is 13.8 Å². The van der Waals surface area contributed by atoms with Gasteiger partial charge in [0, 0.05) is 6.54 Å². The molecule has 0 N–H and O–H groups in total. The van der Waals surface area contributed by atoms with Crippen LogP contribution in [0.4, 0.5) is 13.2 Å². The van der Waals surface area contributed by atoms with E-state index in [1.807, 2.05) is 24.3 Å². The molecular weight excluding hydrogens is 251 g/mol. The van der Waals surface area contributed by atoms with Crippen LogP contribution < -0.4 is 0 Å². The van der Waals surface area contributed by atoms with Gasteiger partial charge in [-0.2, -0.15) is 13.2 Å². The molecule has 0 amide bonds. The lowest BCUT2D eigenvalue weighted by Gasteiger charge is -2.26. The van der Waals surface area contributed by atoms with E-state index in [1.54, 1.807) is 4.90 Å². The quantitative estimate of drug-likeness (QED) is 0.790. The van der Waals surface area contributed by atoms with Gasteiger partial charge in [-0.3, -0.25) is 4.90 Å². The lowest BCUT2D eigenvalue weighted by atomic mass is 10.0. The Morgan fingerprint density at radius 1 is 1.21 bits per heavy atom. The molecule has 1 fully saturated rings. The van der Waals surface area contributed by atoms with Gasteiger partial charge in [0.05, 0.1) is 0 Å². The Labute approximate surface area is 112 Å². The summed E-state index contributed by atoms with van der Waals surface area (Å²) in [5.74, 6) is 0.448. The predicted octanol–water partition coefficient (Wildman–Crippen LogP) is 4.34. The minimum Gasteiger partial charge on any atom is -0.288 e. The summed E-state index contributed by atoms with van der Waals surface area (Å²) in [4.78, 5) is 1.55. The van der Waals surface area contributed by atoms with Gasteiger partial charge in [0.1, 0.15) is 6.04 Å². The van der Waals surface area contributed by atoms with Gasteiger partial charge in [-0.25, -0.2) is 0 Å². The Kier molecular flexibility index (Phi) is 4.19. The second-order valence-corrected chi connectivity index (χ2v) is 5.57. The van der Waals surface area contributed by atoms with Gasteiger partial charge in [0.25, 0.3) is 0 Å². The van der Waals surface area contributed by atoms with Gasteiger partial charge in [-0.1, -0.05) is 38.1 Å². The standard InChI is InChI=1S/C15H20F3N/c1-11(2)13-7-5-12(6-8-13)10-19-9-3-4-14(19)15(16,17)18/h5-8,11,14H,3-4,9-10H2,1-2H3/t14-/m0/s1. The van der Waals surface area contributed by atoms with Crippen molar-refractivity contribution in [2.24, 2.45) is 0 Å². The molecule has 1 atom stereocenters. The molecule has 0 radical (unpaired) electrons. The number of hydrogen-bond donors (Lipinski definition) is 0. The largest absolute Gasteiger partial charge is 0.404 e. The first-order valence-corrected chi connectivity index (χ1v) is 6.77. The Morgan fingerprint density at radius 3 is 2.37 bits per heavy atom. The van der Waals surface area contributed by atoms with Crippen molar-refractivity contribution >= 4 is 0 Å². The van der Waals surface area contributed by atoms with Gasteiger partial charge in [-0.05, 0) is 36.4 Å². The van der Waals surface area contributed by atoms with Crippen LogP contribution in [0.3, 0.4) is 0 Å². The Bertz CT molecular complexity index is 408. The first-order valence-electron chi connectivity index (χ1n) is 6.77. The van der Waals surface area contributed by atoms with Crippen LogP contribution in [0.1, 0.15) is 43.7 Å². The van der Waals surface area contributed by atoms with E-state index in [0.29, 0.717) is 25.4 Å². The van der Waals surface area contributed by atoms with E-state index in [9.17, 15) is 13.2 Å². The molecule has 106 valence electrons. The average molecular weight is 271 g/mol. The number of rotatable bonds is 3. The molecule has 1 saturated heterocycles. The molecule has 1 heterocycles. The topological polar surface area (TPSA) is 3.24 Å². The molecule has 1 nitrogen and oxygen atoms in total. The van der Waals surface area contributed by atoms with E-state index < -0.39 is 12.2 Å². The molecule has 19 heavy (non-hydrogen) atoms. The summed E-state index contributed by atoms with van der Waals surface area (Å²) in [6, 6.07) is 6.65. The van der Waals surface area contributed by atoms with E-state index >= 15 is 0 Å². The number of benzene rings is 1. The van der Waals surface area contributed by atoms with Gasteiger partial charge in [0.15, 0.2) is 0 Å². The van der Waals surface area contributed by atoms with Crippen LogP contribution in [-0.4, -0.2) is 23.7 Å². The maximum Gasteiger partial charge on any atom is 0.404 e. The molecular formula is C15H20F3N. The third kappa shape index (κ3) is 3.50. The molecule has 0 bridgehead atoms. The fraction of sp³-hybridized carbons (Fsp3) is 0.600. The molecule has 0 saturated carbocycles. The number of likely N-dealkylation sites (tertiary alicyclic amines) is 1. The van der Waals surface area contributed by atoms with Crippen LogP contribution in [0, 0.1) is 0 Å². The highest BCUT2D eigenvalue weighted by atomic mass is 19.4. The first kappa shape index (κ1) is 14.4. The fourth-order valence-electron chi connectivity index (χ4n) is 2.63. The molecule has 0 aliphatic carbocycles. The molecule has 0 aromatic heterocycles. The van der Waals surface area contributed by atoms with Gasteiger partial charge >= 0.3 is 6.18 Å². The molecule has 2 rings (SSSR count). The van der Waals surface area contributed by atoms with Crippen molar-refractivity contribution in [3.63, 3.8) is 0 Å². The van der Waals surface area contributed by atoms with Gasteiger partial charge in [-0.15, -0.1) is 0 Å². The lowest BCUT2D eigenvalue weighted by molar-refractivity contribution is -0.177. The highest BCUT2D eigenvalue weighted by Gasteiger charge is 2.45. The summed E-state index contributed by atoms with van der Waals surface area (Å²) in [6.07, 6.45) is -3.24. The number of halogens is 3. The number of hydrogen-bond acceptors (Lipinski definition) is 1. The summed E-state index contributed by atoms with van der Waals surface area (Å²) in [7, 11) is 0. The van der Waals surface area contributed by atoms with Crippen LogP contribution in [0.25, 0.3) is 0 Å². The van der Waals surface area contributed by atoms with E-state index in [-0.39, 0.29) is 6.42 Å². The van der Waals surface area contributed by atoms with E-state index in [0.717, 1.165) is 5.56 Å². The van der Waals surface area contributed by atoms with Crippen LogP contribution in [0.15, 0.2) is 24.3 Å². The monoisotopic (exact) mass is 271 g/mol. The van der Waals surface area contributed by atoms with E-state index in [1.165, 1.54) is 5.56 Å². The summed E-state index contributed by atoms with van der Waals surface area (Å²) in [5.41, 5.74) is 2.18. The number of nitrogens with zero attached hydrogens (tertiary/aromatic N) is 1. The number of alkyl halides is 3. The fourth-order valence-corrected chi connectivity index (χ4v) is 2.63. The van der Waals surface area contributed by atoms with Crippen molar-refractivity contribution in [2.45, 2.75) is 51.4 Å². The van der Waals surface area contributed by atoms with Crippen molar-refractivity contribution in [3.05, 3.63) is 35.4 Å². The van der Waals surface area contributed by atoms with Gasteiger partial charge in [0.2, 0.25) is 0 Å². The zero-order valence-electron chi connectivity index (χ0n) is 11.4. The zero-order chi connectivity index (χ0) is 14.0. The van der Waals surface area contributed by atoms with Crippen LogP contribution in [0.2, 0.25) is 0 Å². The molecule has 0 unspecified atom stereocenters. The Hall–Kier alpha value is -1.03. The van der Waals surface area contributed by atoms with Crippen molar-refractivity contribution in [1.82, 2.24) is 4.90 Å². The van der Waals surface area contributed by atoms with Crippen molar-refractivity contribution in [3.8, 4) is 0 Å². The smallest absolute Gasteiger partial charge is 0.288 e. The minimum absolute atomic E-state index is 0.230. The zero-order valence-corrected chi connectivity index (χ0v) is 11.4. The van der Waals surface area contributed by atoms with Crippen LogP contribution in [0.5, 0.6) is 0 Å². The normalized spacial score (nSPS) is 21.3. The first-order chi connectivity index (χ1) is 8.88. The van der Waals surface area contributed by atoms with E-state index in [4.69, 9.17) is 0 Å². The average Bonchev–Trinajstić information content (AvgIpc) is 2.77. The highest BCUT2D eigenvalue weighted by Crippen LogP contribution is 2.33. The van der Waals surface area contributed by atoms with Gasteiger partial charge < -0.3 is 0 Å². The molecule has 1 aliphatic rings. The molecule has 1 aromatic carbocycles. The van der Waals surface area contributed by atoms with Crippen LogP contribution >= 0.6 is 0 Å². The van der Waals surface area contributed by atoms with Crippen LogP contribution in [-0.2, 0) is 6.54 Å². The third-order valence-electron chi connectivity index (χ3n) is 3.77. The molecule has 4 heteroatoms. The van der Waals surface area contributed by atoms with Crippen molar-refractivity contribution < 1.29 is 13.2 Å². The third-order valence-corrected chi connectivity index (χ3v) is 3.77. The summed E-state index contributed by atoms with van der Waals surface area (Å²) in [5, 5.41) is 0. The summed E-state index contributed by atoms with van der Waals surface area (Å²) in [6.45, 7) is 5.14. The van der Waals surface area contributed by atoms with Crippen molar-refractivity contribution in [2.75, 3.05) is 6.54 Å². The maximum absolute atomic E-state index is 12.8. The predicted molar refractivity (Wildman–Crippen MR) is 70.0 cm³/mol. The summed E-state index contributed by atoms with van der Waals surface area (Å²) < 4.78 is 38.5. The highest BCUT2D eigenvalue weighted by molar-refractivity contribution is 5.24. The Morgan fingerprint density at radius 2 is 1.84 bits per heavy atom. The second kappa shape index (κ2) is 5.53. The summed E-state index contributed by atoms with van der Waals surface area (Å²) >= 11 is 0. The molecule has 1 aromatic rings. The maximum atomic E-state index is 12.8. The SMILES string of the molecule is CC(C)c1ccc(CN2CCC[C@H]2C(F)(F)F)cc1. The minimum atomic E-state index is -4.10. The molecule has 0 spiro atoms. The Balaban J connectivity index is 2.04. The lowest BCUT2D eigenvalue weighted by Crippen LogP contribution is -2.40. The molecule has 1 aliphatic heterocycles.